The van der Waals surface area contributed by atoms with Crippen molar-refractivity contribution in [2.24, 2.45) is 0 Å². The van der Waals surface area contributed by atoms with Crippen LogP contribution in [0.5, 0.6) is 0 Å². The molecule has 0 spiro atoms. The summed E-state index contributed by atoms with van der Waals surface area (Å²) >= 11 is 0. The minimum absolute atomic E-state index is 0.110. The van der Waals surface area contributed by atoms with Gasteiger partial charge < -0.3 is 0 Å². The molecule has 0 bridgehead atoms. The van der Waals surface area contributed by atoms with Crippen molar-refractivity contribution in [1.82, 2.24) is 19.6 Å². The van der Waals surface area contributed by atoms with Gasteiger partial charge in [0.05, 0.1) is 11.3 Å². The van der Waals surface area contributed by atoms with E-state index in [2.05, 4.69) is 48.8 Å². The molecule has 0 unspecified atom stereocenters. The number of hydrogen-bond donors (Lipinski definition) is 1. The van der Waals surface area contributed by atoms with Gasteiger partial charge in [0.1, 0.15) is 6.33 Å². The number of benzene rings is 1. The molecule has 1 aromatic carbocycles. The molecule has 3 aromatic rings. The molecule has 0 aliphatic rings. The molecule has 108 valence electrons. The van der Waals surface area contributed by atoms with Crippen molar-refractivity contribution in [2.45, 2.75) is 34.6 Å². The second-order valence-electron chi connectivity index (χ2n) is 5.52. The van der Waals surface area contributed by atoms with Crippen molar-refractivity contribution in [3.8, 4) is 11.1 Å². The predicted octanol–water partition coefficient (Wildman–Crippen LogP) is 2.63. The normalized spacial score (nSPS) is 11.3. The van der Waals surface area contributed by atoms with Crippen molar-refractivity contribution >= 4 is 5.78 Å². The topological polar surface area (TPSA) is 63.1 Å². The highest BCUT2D eigenvalue weighted by Gasteiger charge is 2.17. The summed E-state index contributed by atoms with van der Waals surface area (Å²) in [6.07, 6.45) is 1.48. The summed E-state index contributed by atoms with van der Waals surface area (Å²) in [5.41, 5.74) is 6.98. The Morgan fingerprint density at radius 3 is 2.48 bits per heavy atom. The molecule has 0 aliphatic carbocycles. The zero-order valence-corrected chi connectivity index (χ0v) is 12.9. The number of aryl methyl sites for hydroxylation is 2. The predicted molar refractivity (Wildman–Crippen MR) is 82.7 cm³/mol. The van der Waals surface area contributed by atoms with Crippen LogP contribution < -0.4 is 5.56 Å². The van der Waals surface area contributed by atoms with Crippen molar-refractivity contribution in [1.29, 1.82) is 0 Å². The van der Waals surface area contributed by atoms with Crippen LogP contribution in [-0.2, 0) is 0 Å². The summed E-state index contributed by atoms with van der Waals surface area (Å²) in [5.74, 6) is 0.402. The van der Waals surface area contributed by atoms with E-state index in [1.807, 2.05) is 6.92 Å². The van der Waals surface area contributed by atoms with E-state index < -0.39 is 0 Å². The fraction of sp³-hybridized carbons (Fsp3) is 0.312. The first kappa shape index (κ1) is 13.5. The lowest BCUT2D eigenvalue weighted by Crippen LogP contribution is -2.19. The van der Waals surface area contributed by atoms with Gasteiger partial charge in [-0.3, -0.25) is 9.89 Å². The summed E-state index contributed by atoms with van der Waals surface area (Å²) < 4.78 is 1.38. The molecule has 0 saturated carbocycles. The molecule has 0 fully saturated rings. The highest BCUT2D eigenvalue weighted by atomic mass is 16.1. The van der Waals surface area contributed by atoms with Gasteiger partial charge in [-0.2, -0.15) is 4.52 Å². The molecule has 2 aromatic heterocycles. The Hall–Kier alpha value is -2.43. The molecule has 1 N–H and O–H groups in total. The van der Waals surface area contributed by atoms with Crippen molar-refractivity contribution < 1.29 is 0 Å². The number of fused-ring (bicyclic) bond motifs is 1. The van der Waals surface area contributed by atoms with Crippen molar-refractivity contribution in [3.05, 3.63) is 50.7 Å². The molecule has 0 radical (unpaired) electrons. The van der Waals surface area contributed by atoms with Crippen molar-refractivity contribution in [3.63, 3.8) is 0 Å². The van der Waals surface area contributed by atoms with E-state index in [1.54, 1.807) is 0 Å². The summed E-state index contributed by atoms with van der Waals surface area (Å²) in [5, 5.41) is 2.82. The van der Waals surface area contributed by atoms with E-state index in [1.165, 1.54) is 27.5 Å². The van der Waals surface area contributed by atoms with Crippen LogP contribution in [-0.4, -0.2) is 19.6 Å². The first-order valence-electron chi connectivity index (χ1n) is 6.92. The Bertz CT molecular complexity index is 918. The fourth-order valence-corrected chi connectivity index (χ4v) is 2.74. The third-order valence-electron chi connectivity index (χ3n) is 4.36. The van der Waals surface area contributed by atoms with E-state index in [0.717, 1.165) is 11.1 Å². The molecule has 0 atom stereocenters. The number of aromatic nitrogens is 4. The first-order chi connectivity index (χ1) is 9.91. The zero-order chi connectivity index (χ0) is 15.3. The van der Waals surface area contributed by atoms with Crippen molar-refractivity contribution in [2.75, 3.05) is 0 Å². The standard InChI is InChI=1S/C16H18N4O/c1-8-6-13(11(4)10(3)9(8)2)14-12(5)19-16-17-7-18-20(16)15(14)21/h6-7H,1-5H3,(H,17,18,19). The number of rotatable bonds is 1. The lowest BCUT2D eigenvalue weighted by atomic mass is 9.91. The Morgan fingerprint density at radius 2 is 1.76 bits per heavy atom. The van der Waals surface area contributed by atoms with E-state index in [9.17, 15) is 4.79 Å². The molecule has 21 heavy (non-hydrogen) atoms. The van der Waals surface area contributed by atoms with Crippen LogP contribution in [0.4, 0.5) is 0 Å². The second-order valence-corrected chi connectivity index (χ2v) is 5.52. The molecule has 5 nitrogen and oxygen atoms in total. The number of nitrogens with one attached hydrogen (secondary N) is 1. The van der Waals surface area contributed by atoms with Crippen LogP contribution in [0.2, 0.25) is 0 Å². The quantitative estimate of drug-likeness (QED) is 0.746. The lowest BCUT2D eigenvalue weighted by Gasteiger charge is -2.15. The van der Waals surface area contributed by atoms with Gasteiger partial charge in [0.15, 0.2) is 0 Å². The summed E-state index contributed by atoms with van der Waals surface area (Å²) in [6.45, 7) is 10.2. The summed E-state index contributed by atoms with van der Waals surface area (Å²) in [4.78, 5) is 21.2. The SMILES string of the molecule is Cc1cc(-c2c(C)nc3nc[nH]n3c2=O)c(C)c(C)c1C. The van der Waals surface area contributed by atoms with E-state index in [0.29, 0.717) is 17.0 Å². The smallest absolute Gasteiger partial charge is 0.278 e. The van der Waals surface area contributed by atoms with Gasteiger partial charge in [0.2, 0.25) is 0 Å². The van der Waals surface area contributed by atoms with Gasteiger partial charge in [-0.05, 0) is 62.4 Å². The van der Waals surface area contributed by atoms with E-state index in [4.69, 9.17) is 0 Å². The minimum Gasteiger partial charge on any atom is -0.278 e. The molecule has 3 rings (SSSR count). The highest BCUT2D eigenvalue weighted by Crippen LogP contribution is 2.29. The van der Waals surface area contributed by atoms with Crippen LogP contribution in [0.15, 0.2) is 17.2 Å². The van der Waals surface area contributed by atoms with Gasteiger partial charge in [0.25, 0.3) is 11.3 Å². The molecular weight excluding hydrogens is 264 g/mol. The van der Waals surface area contributed by atoms with Gasteiger partial charge in [0, 0.05) is 0 Å². The van der Waals surface area contributed by atoms with Gasteiger partial charge in [-0.25, -0.2) is 9.97 Å². The van der Waals surface area contributed by atoms with Crippen LogP contribution in [0.3, 0.4) is 0 Å². The third-order valence-corrected chi connectivity index (χ3v) is 4.36. The number of aromatic amines is 1. The van der Waals surface area contributed by atoms with Gasteiger partial charge in [-0.15, -0.1) is 0 Å². The number of hydrogen-bond acceptors (Lipinski definition) is 3. The first-order valence-corrected chi connectivity index (χ1v) is 6.92. The molecule has 0 saturated heterocycles. The Kier molecular flexibility index (Phi) is 2.93. The van der Waals surface area contributed by atoms with E-state index in [-0.39, 0.29) is 5.56 Å². The Labute approximate surface area is 122 Å². The van der Waals surface area contributed by atoms with Crippen LogP contribution in [0.25, 0.3) is 16.9 Å². The third kappa shape index (κ3) is 1.88. The number of nitrogens with zero attached hydrogens (tertiary/aromatic N) is 3. The molecule has 0 amide bonds. The summed E-state index contributed by atoms with van der Waals surface area (Å²) in [7, 11) is 0. The van der Waals surface area contributed by atoms with Crippen LogP contribution >= 0.6 is 0 Å². The Balaban J connectivity index is 2.44. The Morgan fingerprint density at radius 1 is 1.05 bits per heavy atom. The molecular formula is C16H18N4O. The molecule has 0 aliphatic heterocycles. The van der Waals surface area contributed by atoms with Gasteiger partial charge in [-0.1, -0.05) is 6.07 Å². The molecule has 2 heterocycles. The summed E-state index contributed by atoms with van der Waals surface area (Å²) in [6, 6.07) is 2.08. The minimum atomic E-state index is -0.110. The average molecular weight is 282 g/mol. The van der Waals surface area contributed by atoms with Gasteiger partial charge >= 0.3 is 0 Å². The monoisotopic (exact) mass is 282 g/mol. The second kappa shape index (κ2) is 4.55. The average Bonchev–Trinajstić information content (AvgIpc) is 2.90. The van der Waals surface area contributed by atoms with E-state index >= 15 is 0 Å². The maximum Gasteiger partial charge on any atom is 0.282 e. The largest absolute Gasteiger partial charge is 0.282 e. The molecule has 5 heteroatoms. The number of H-pyrrole nitrogens is 1. The lowest BCUT2D eigenvalue weighted by molar-refractivity contribution is 0.892. The highest BCUT2D eigenvalue weighted by molar-refractivity contribution is 5.72. The maximum absolute atomic E-state index is 12.7. The fourth-order valence-electron chi connectivity index (χ4n) is 2.74. The van der Waals surface area contributed by atoms with Crippen LogP contribution in [0, 0.1) is 34.6 Å². The zero-order valence-electron chi connectivity index (χ0n) is 12.9. The maximum atomic E-state index is 12.7. The van der Waals surface area contributed by atoms with Crippen LogP contribution in [0.1, 0.15) is 27.9 Å².